The summed E-state index contributed by atoms with van der Waals surface area (Å²) < 4.78 is 1.90. The summed E-state index contributed by atoms with van der Waals surface area (Å²) in [4.78, 5) is 24.2. The fraction of sp³-hybridized carbons (Fsp3) is 0.500. The summed E-state index contributed by atoms with van der Waals surface area (Å²) >= 11 is 1.66. The molecule has 4 rings (SSSR count). The van der Waals surface area contributed by atoms with Crippen LogP contribution in [0.25, 0.3) is 11.0 Å². The summed E-state index contributed by atoms with van der Waals surface area (Å²) in [6, 6.07) is 10.3. The summed E-state index contributed by atoms with van der Waals surface area (Å²) in [5.74, 6) is 2.02. The van der Waals surface area contributed by atoms with E-state index in [1.807, 2.05) is 29.1 Å². The van der Waals surface area contributed by atoms with Crippen molar-refractivity contribution < 1.29 is 4.79 Å². The molecule has 1 N–H and O–H groups in total. The molecule has 0 saturated carbocycles. The maximum atomic E-state index is 12.2. The summed E-state index contributed by atoms with van der Waals surface area (Å²) in [5.41, 5.74) is 2.13. The number of nitrogens with one attached hydrogen (secondary N) is 1. The van der Waals surface area contributed by atoms with Crippen LogP contribution in [0.3, 0.4) is 0 Å². The average Bonchev–Trinajstić information content (AvgIpc) is 3.23. The Kier molecular flexibility index (Phi) is 7.98. The number of aryl methyl sites for hydroxylation is 1. The maximum Gasteiger partial charge on any atom is 0.220 e. The second kappa shape index (κ2) is 11.3. The van der Waals surface area contributed by atoms with E-state index in [1.54, 1.807) is 11.8 Å². The van der Waals surface area contributed by atoms with Crippen LogP contribution >= 0.6 is 11.8 Å². The van der Waals surface area contributed by atoms with Crippen LogP contribution in [0.15, 0.2) is 41.7 Å². The number of piperidine rings is 1. The Morgan fingerprint density at radius 1 is 1.12 bits per heavy atom. The van der Waals surface area contributed by atoms with Crippen LogP contribution in [0.4, 0.5) is 5.82 Å². The lowest BCUT2D eigenvalue weighted by Crippen LogP contribution is -2.30. The highest BCUT2D eigenvalue weighted by Gasteiger charge is 2.19. The normalized spacial score (nSPS) is 14.1. The van der Waals surface area contributed by atoms with Crippen molar-refractivity contribution in [2.24, 2.45) is 0 Å². The van der Waals surface area contributed by atoms with Crippen molar-refractivity contribution in [3.63, 3.8) is 0 Å². The highest BCUT2D eigenvalue weighted by molar-refractivity contribution is 7.99. The van der Waals surface area contributed by atoms with Gasteiger partial charge in [-0.2, -0.15) is 5.10 Å². The van der Waals surface area contributed by atoms with Crippen molar-refractivity contribution >= 4 is 34.5 Å². The van der Waals surface area contributed by atoms with E-state index < -0.39 is 0 Å². The first kappa shape index (κ1) is 22.6. The third-order valence-electron chi connectivity index (χ3n) is 5.74. The molecular weight excluding hydrogens is 420 g/mol. The van der Waals surface area contributed by atoms with Crippen LogP contribution in [0, 0.1) is 0 Å². The van der Waals surface area contributed by atoms with Crippen molar-refractivity contribution in [1.82, 2.24) is 25.1 Å². The van der Waals surface area contributed by atoms with Crippen LogP contribution in [0.2, 0.25) is 0 Å². The monoisotopic (exact) mass is 452 g/mol. The number of rotatable bonds is 10. The molecule has 8 heteroatoms. The number of amides is 1. The molecule has 3 aromatic rings. The number of anilines is 1. The molecule has 0 spiro atoms. The summed E-state index contributed by atoms with van der Waals surface area (Å²) in [7, 11) is 0. The van der Waals surface area contributed by atoms with Gasteiger partial charge in [0, 0.05) is 26.1 Å². The minimum Gasteiger partial charge on any atom is -0.356 e. The van der Waals surface area contributed by atoms with E-state index in [4.69, 9.17) is 9.97 Å². The third-order valence-corrected chi connectivity index (χ3v) is 6.47. The van der Waals surface area contributed by atoms with Gasteiger partial charge in [-0.15, -0.1) is 0 Å². The minimum atomic E-state index is 0.0863. The smallest absolute Gasteiger partial charge is 0.220 e. The molecule has 1 saturated heterocycles. The van der Waals surface area contributed by atoms with Gasteiger partial charge in [-0.1, -0.05) is 49.0 Å². The predicted octanol–water partition coefficient (Wildman–Crippen LogP) is 4.07. The number of thioether (sulfide) groups is 1. The van der Waals surface area contributed by atoms with Crippen LogP contribution in [-0.4, -0.2) is 51.0 Å². The van der Waals surface area contributed by atoms with E-state index in [0.717, 1.165) is 53.7 Å². The lowest BCUT2D eigenvalue weighted by Gasteiger charge is -2.28. The molecule has 0 unspecified atom stereocenters. The molecule has 1 amide bonds. The summed E-state index contributed by atoms with van der Waals surface area (Å²) in [6.45, 7) is 5.32. The molecule has 3 heterocycles. The molecule has 32 heavy (non-hydrogen) atoms. The number of hydrogen-bond donors (Lipinski definition) is 1. The quantitative estimate of drug-likeness (QED) is 0.369. The Balaban J connectivity index is 1.36. The fourth-order valence-corrected chi connectivity index (χ4v) is 4.67. The molecule has 0 aliphatic carbocycles. The zero-order valence-corrected chi connectivity index (χ0v) is 19.6. The molecular formula is C24H32N6OS. The number of benzene rings is 1. The Hall–Kier alpha value is -2.61. The van der Waals surface area contributed by atoms with Crippen molar-refractivity contribution in [3.8, 4) is 0 Å². The number of nitrogens with zero attached hydrogens (tertiary/aromatic N) is 5. The second-order valence-electron chi connectivity index (χ2n) is 8.10. The van der Waals surface area contributed by atoms with Crippen LogP contribution in [0.1, 0.15) is 44.6 Å². The molecule has 7 nitrogen and oxygen atoms in total. The molecule has 0 radical (unpaired) electrons. The predicted molar refractivity (Wildman–Crippen MR) is 130 cm³/mol. The molecule has 170 valence electrons. The van der Waals surface area contributed by atoms with Crippen LogP contribution < -0.4 is 10.2 Å². The van der Waals surface area contributed by atoms with Crippen LogP contribution in [-0.2, 0) is 17.8 Å². The zero-order valence-electron chi connectivity index (χ0n) is 18.8. The first-order chi connectivity index (χ1) is 15.7. The lowest BCUT2D eigenvalue weighted by molar-refractivity contribution is -0.121. The van der Waals surface area contributed by atoms with Gasteiger partial charge in [-0.05, 0) is 43.4 Å². The van der Waals surface area contributed by atoms with E-state index in [9.17, 15) is 4.79 Å². The zero-order chi connectivity index (χ0) is 22.2. The number of carbonyl (C=O) groups excluding carboxylic acids is 1. The molecule has 1 fully saturated rings. The van der Waals surface area contributed by atoms with Gasteiger partial charge in [0.05, 0.1) is 18.1 Å². The second-order valence-corrected chi connectivity index (χ2v) is 9.34. The summed E-state index contributed by atoms with van der Waals surface area (Å²) in [6.07, 6.45) is 7.87. The Labute approximate surface area is 194 Å². The standard InChI is InChI=1S/C24H32N6OS/c1-2-32-24-27-22(29-15-7-4-8-16-29)20-18-26-30(23(20)28-24)17-14-25-21(31)13-9-12-19-10-5-3-6-11-19/h3,5-6,10-11,18H,2,4,7-9,12-17H2,1H3,(H,25,31). The van der Waals surface area contributed by atoms with Gasteiger partial charge in [-0.25, -0.2) is 14.6 Å². The van der Waals surface area contributed by atoms with Gasteiger partial charge in [0.25, 0.3) is 0 Å². The number of carbonyl (C=O) groups is 1. The molecule has 1 aromatic carbocycles. The lowest BCUT2D eigenvalue weighted by atomic mass is 10.1. The number of hydrogen-bond acceptors (Lipinski definition) is 6. The van der Waals surface area contributed by atoms with E-state index >= 15 is 0 Å². The first-order valence-corrected chi connectivity index (χ1v) is 12.6. The van der Waals surface area contributed by atoms with Crippen LogP contribution in [0.5, 0.6) is 0 Å². The van der Waals surface area contributed by atoms with E-state index in [-0.39, 0.29) is 5.91 Å². The Morgan fingerprint density at radius 3 is 2.72 bits per heavy atom. The SMILES string of the molecule is CCSc1nc(N2CCCCC2)c2cnn(CCNC(=O)CCCc3ccccc3)c2n1. The largest absolute Gasteiger partial charge is 0.356 e. The molecule has 2 aromatic heterocycles. The van der Waals surface area contributed by atoms with Gasteiger partial charge in [0.1, 0.15) is 5.82 Å². The third kappa shape index (κ3) is 5.79. The topological polar surface area (TPSA) is 75.9 Å². The Bertz CT molecular complexity index is 1020. The fourth-order valence-electron chi connectivity index (χ4n) is 4.11. The number of fused-ring (bicyclic) bond motifs is 1. The van der Waals surface area contributed by atoms with Crippen molar-refractivity contribution in [2.75, 3.05) is 30.3 Å². The highest BCUT2D eigenvalue weighted by Crippen LogP contribution is 2.29. The van der Waals surface area contributed by atoms with Gasteiger partial charge >= 0.3 is 0 Å². The molecule has 0 atom stereocenters. The van der Waals surface area contributed by atoms with E-state index in [0.29, 0.717) is 19.5 Å². The van der Waals surface area contributed by atoms with Gasteiger partial charge < -0.3 is 10.2 Å². The molecule has 1 aliphatic rings. The van der Waals surface area contributed by atoms with Crippen molar-refractivity contribution in [2.45, 2.75) is 57.1 Å². The van der Waals surface area contributed by atoms with Crippen molar-refractivity contribution in [3.05, 3.63) is 42.1 Å². The van der Waals surface area contributed by atoms with Crippen molar-refractivity contribution in [1.29, 1.82) is 0 Å². The molecule has 0 bridgehead atoms. The highest BCUT2D eigenvalue weighted by atomic mass is 32.2. The van der Waals surface area contributed by atoms with E-state index in [2.05, 4.69) is 34.4 Å². The average molecular weight is 453 g/mol. The van der Waals surface area contributed by atoms with E-state index in [1.165, 1.54) is 24.8 Å². The van der Waals surface area contributed by atoms with Gasteiger partial charge in [-0.3, -0.25) is 4.79 Å². The Morgan fingerprint density at radius 2 is 1.94 bits per heavy atom. The summed E-state index contributed by atoms with van der Waals surface area (Å²) in [5, 5.41) is 9.41. The van der Waals surface area contributed by atoms with Gasteiger partial charge in [0.2, 0.25) is 5.91 Å². The van der Waals surface area contributed by atoms with Gasteiger partial charge in [0.15, 0.2) is 10.8 Å². The minimum absolute atomic E-state index is 0.0863. The molecule has 1 aliphatic heterocycles. The maximum absolute atomic E-state index is 12.2. The number of aromatic nitrogens is 4. The first-order valence-electron chi connectivity index (χ1n) is 11.7.